The van der Waals surface area contributed by atoms with Gasteiger partial charge in [-0.15, -0.1) is 0 Å². The van der Waals surface area contributed by atoms with Crippen molar-refractivity contribution in [2.24, 2.45) is 23.5 Å². The summed E-state index contributed by atoms with van der Waals surface area (Å²) in [4.78, 5) is 49.6. The van der Waals surface area contributed by atoms with Gasteiger partial charge in [0, 0.05) is 25.7 Å². The molecule has 0 radical (unpaired) electrons. The summed E-state index contributed by atoms with van der Waals surface area (Å²) in [7, 11) is 1.23. The number of hydrogen-bond acceptors (Lipinski definition) is 9. The number of methoxy groups -OCH3 is 1. The second kappa shape index (κ2) is 15.5. The summed E-state index contributed by atoms with van der Waals surface area (Å²) in [6, 6.07) is 4.70. The van der Waals surface area contributed by atoms with Gasteiger partial charge in [0.05, 0.1) is 13.0 Å². The molecule has 0 spiro atoms. The molecule has 0 aliphatic rings. The minimum Gasteiger partial charge on any atom is -0.468 e. The van der Waals surface area contributed by atoms with Crippen molar-refractivity contribution < 1.29 is 38.1 Å². The maximum absolute atomic E-state index is 12.7. The Bertz CT molecular complexity index is 956. The van der Waals surface area contributed by atoms with Crippen molar-refractivity contribution in [2.75, 3.05) is 7.11 Å². The third-order valence-electron chi connectivity index (χ3n) is 5.86. The Morgan fingerprint density at radius 2 is 1.37 bits per heavy atom. The van der Waals surface area contributed by atoms with Crippen LogP contribution in [0.4, 0.5) is 0 Å². The highest BCUT2D eigenvalue weighted by atomic mass is 16.6. The van der Waals surface area contributed by atoms with Gasteiger partial charge in [-0.2, -0.15) is 0 Å². The third kappa shape index (κ3) is 11.6. The molecule has 2 N–H and O–H groups in total. The first-order valence-electron chi connectivity index (χ1n) is 13.3. The fourth-order valence-corrected chi connectivity index (χ4v) is 3.67. The Labute approximate surface area is 226 Å². The zero-order valence-electron chi connectivity index (χ0n) is 24.1. The SMILES string of the molecule is COC(=O)[C@](N)(Cc1ccc(OC(=O)CCC(C)C)c(OC(=O)CCC(C)C)c1)CC(C)OC(=O)C(C)C. The lowest BCUT2D eigenvalue weighted by atomic mass is 9.86. The van der Waals surface area contributed by atoms with E-state index in [1.54, 1.807) is 26.8 Å². The predicted molar refractivity (Wildman–Crippen MR) is 144 cm³/mol. The van der Waals surface area contributed by atoms with Crippen LogP contribution in [0.2, 0.25) is 0 Å². The molecule has 0 heterocycles. The molecular weight excluding hydrogens is 490 g/mol. The molecule has 0 aliphatic carbocycles. The predicted octanol–water partition coefficient (Wildman–Crippen LogP) is 4.76. The van der Waals surface area contributed by atoms with Crippen molar-refractivity contribution in [1.29, 1.82) is 0 Å². The van der Waals surface area contributed by atoms with E-state index in [4.69, 9.17) is 24.7 Å². The summed E-state index contributed by atoms with van der Waals surface area (Å²) in [6.45, 7) is 13.1. The number of carbonyl (C=O) groups excluding carboxylic acids is 4. The maximum Gasteiger partial charge on any atom is 0.326 e. The van der Waals surface area contributed by atoms with Crippen molar-refractivity contribution in [3.05, 3.63) is 23.8 Å². The molecule has 9 nitrogen and oxygen atoms in total. The van der Waals surface area contributed by atoms with Gasteiger partial charge in [-0.25, -0.2) is 0 Å². The monoisotopic (exact) mass is 535 g/mol. The lowest BCUT2D eigenvalue weighted by Gasteiger charge is -2.29. The smallest absolute Gasteiger partial charge is 0.326 e. The Kier molecular flexibility index (Phi) is 13.5. The minimum atomic E-state index is -1.53. The quantitative estimate of drug-likeness (QED) is 0.249. The fraction of sp³-hybridized carbons (Fsp3) is 0.655. The second-order valence-electron chi connectivity index (χ2n) is 11.0. The number of hydrogen-bond donors (Lipinski definition) is 1. The van der Waals surface area contributed by atoms with Crippen molar-refractivity contribution in [3.8, 4) is 11.5 Å². The molecule has 1 rings (SSSR count). The highest BCUT2D eigenvalue weighted by Crippen LogP contribution is 2.32. The summed E-state index contributed by atoms with van der Waals surface area (Å²) in [5, 5.41) is 0. The van der Waals surface area contributed by atoms with Crippen molar-refractivity contribution >= 4 is 23.9 Å². The molecule has 9 heteroatoms. The van der Waals surface area contributed by atoms with E-state index in [1.165, 1.54) is 19.2 Å². The first kappa shape index (κ1) is 33.1. The van der Waals surface area contributed by atoms with E-state index in [0.717, 1.165) is 0 Å². The lowest BCUT2D eigenvalue weighted by molar-refractivity contribution is -0.157. The van der Waals surface area contributed by atoms with Crippen LogP contribution < -0.4 is 15.2 Å². The summed E-state index contributed by atoms with van der Waals surface area (Å²) >= 11 is 0. The second-order valence-corrected chi connectivity index (χ2v) is 11.0. The van der Waals surface area contributed by atoms with Gasteiger partial charge >= 0.3 is 23.9 Å². The third-order valence-corrected chi connectivity index (χ3v) is 5.86. The van der Waals surface area contributed by atoms with Crippen LogP contribution >= 0.6 is 0 Å². The van der Waals surface area contributed by atoms with E-state index in [1.807, 2.05) is 27.7 Å². The van der Waals surface area contributed by atoms with Crippen LogP contribution in [0, 0.1) is 17.8 Å². The molecule has 0 saturated carbocycles. The number of benzene rings is 1. The molecule has 0 bridgehead atoms. The largest absolute Gasteiger partial charge is 0.468 e. The molecular formula is C29H45NO8. The molecule has 214 valence electrons. The highest BCUT2D eigenvalue weighted by Gasteiger charge is 2.38. The molecule has 1 aromatic rings. The molecule has 0 aliphatic heterocycles. The summed E-state index contributed by atoms with van der Waals surface area (Å²) in [5.74, 6) is -1.48. The van der Waals surface area contributed by atoms with Gasteiger partial charge in [0.25, 0.3) is 0 Å². The van der Waals surface area contributed by atoms with Crippen LogP contribution in [0.15, 0.2) is 18.2 Å². The zero-order valence-corrected chi connectivity index (χ0v) is 24.1. The average Bonchev–Trinajstić information content (AvgIpc) is 2.82. The number of carbonyl (C=O) groups is 4. The summed E-state index contributed by atoms with van der Waals surface area (Å²) < 4.78 is 21.5. The molecule has 38 heavy (non-hydrogen) atoms. The van der Waals surface area contributed by atoms with Crippen LogP contribution in [0.25, 0.3) is 0 Å². The van der Waals surface area contributed by atoms with Crippen LogP contribution in [-0.4, -0.2) is 42.6 Å². The fourth-order valence-electron chi connectivity index (χ4n) is 3.67. The topological polar surface area (TPSA) is 131 Å². The molecule has 0 aromatic heterocycles. The Hall–Kier alpha value is -2.94. The number of rotatable bonds is 15. The Balaban J connectivity index is 3.24. The molecule has 0 amide bonds. The van der Waals surface area contributed by atoms with Gasteiger partial charge in [-0.1, -0.05) is 47.6 Å². The molecule has 1 aromatic carbocycles. The first-order valence-corrected chi connectivity index (χ1v) is 13.3. The highest BCUT2D eigenvalue weighted by molar-refractivity contribution is 5.81. The van der Waals surface area contributed by atoms with E-state index in [2.05, 4.69) is 0 Å². The van der Waals surface area contributed by atoms with Gasteiger partial charge < -0.3 is 24.7 Å². The normalized spacial score (nSPS) is 13.7. The van der Waals surface area contributed by atoms with Crippen LogP contribution in [-0.2, 0) is 35.1 Å². The molecule has 0 fully saturated rings. The van der Waals surface area contributed by atoms with E-state index < -0.39 is 35.5 Å². The molecule has 2 atom stereocenters. The number of esters is 4. The Morgan fingerprint density at radius 1 is 0.842 bits per heavy atom. The van der Waals surface area contributed by atoms with Gasteiger partial charge in [0.15, 0.2) is 11.5 Å². The van der Waals surface area contributed by atoms with Crippen molar-refractivity contribution in [2.45, 2.75) is 98.6 Å². The standard InChI is InChI=1S/C29H45NO8/c1-18(2)9-13-25(31)37-23-12-11-22(15-24(23)38-26(32)14-10-19(3)4)17-29(30,28(34)35-8)16-21(7)36-27(33)20(5)6/h11-12,15,18-21H,9-10,13-14,16-17,30H2,1-8H3/t21?,29-/m1/s1. The first-order chi connectivity index (χ1) is 17.7. The number of nitrogens with two attached hydrogens (primary N) is 1. The van der Waals surface area contributed by atoms with Crippen LogP contribution in [0.1, 0.15) is 86.1 Å². The maximum atomic E-state index is 12.7. The van der Waals surface area contributed by atoms with Crippen molar-refractivity contribution in [3.63, 3.8) is 0 Å². The molecule has 1 unspecified atom stereocenters. The van der Waals surface area contributed by atoms with E-state index in [9.17, 15) is 19.2 Å². The lowest BCUT2D eigenvalue weighted by Crippen LogP contribution is -2.53. The van der Waals surface area contributed by atoms with Gasteiger partial charge in [-0.05, 0) is 49.3 Å². The summed E-state index contributed by atoms with van der Waals surface area (Å²) in [6.07, 6.45) is 1.09. The number of ether oxygens (including phenoxy) is 4. The van der Waals surface area contributed by atoms with Gasteiger partial charge in [-0.3, -0.25) is 19.2 Å². The Morgan fingerprint density at radius 3 is 1.84 bits per heavy atom. The van der Waals surface area contributed by atoms with Crippen molar-refractivity contribution in [1.82, 2.24) is 0 Å². The summed E-state index contributed by atoms with van der Waals surface area (Å²) in [5.41, 5.74) is 5.52. The van der Waals surface area contributed by atoms with Crippen LogP contribution in [0.3, 0.4) is 0 Å². The van der Waals surface area contributed by atoms with E-state index in [0.29, 0.717) is 30.2 Å². The van der Waals surface area contributed by atoms with Crippen LogP contribution in [0.5, 0.6) is 11.5 Å². The van der Waals surface area contributed by atoms with Gasteiger partial charge in [0.1, 0.15) is 11.6 Å². The van der Waals surface area contributed by atoms with E-state index >= 15 is 0 Å². The molecule has 0 saturated heterocycles. The zero-order chi connectivity index (χ0) is 29.0. The van der Waals surface area contributed by atoms with Gasteiger partial charge in [0.2, 0.25) is 0 Å². The minimum absolute atomic E-state index is 0.00135. The van der Waals surface area contributed by atoms with E-state index in [-0.39, 0.29) is 43.1 Å². The average molecular weight is 536 g/mol.